The average molecular weight is 365 g/mol. The van der Waals surface area contributed by atoms with E-state index in [1.54, 1.807) is 12.1 Å². The molecule has 2 rings (SSSR count). The quantitative estimate of drug-likeness (QED) is 0.238. The number of halogens is 1. The highest BCUT2D eigenvalue weighted by atomic mass is 35.5. The molecule has 0 spiro atoms. The summed E-state index contributed by atoms with van der Waals surface area (Å²) in [4.78, 5) is 29.6. The van der Waals surface area contributed by atoms with Crippen LogP contribution in [0, 0.1) is 10.1 Å². The molecular weight excluding hydrogens is 348 g/mol. The van der Waals surface area contributed by atoms with Gasteiger partial charge in [-0.2, -0.15) is 0 Å². The third kappa shape index (κ3) is 6.34. The molecule has 8 nitrogen and oxygen atoms in total. The normalized spacial score (nSPS) is 10.3. The Morgan fingerprint density at radius 1 is 1.24 bits per heavy atom. The average Bonchev–Trinajstić information content (AvgIpc) is 2.61. The Morgan fingerprint density at radius 2 is 2.08 bits per heavy atom. The Kier molecular flexibility index (Phi) is 7.09. The van der Waals surface area contributed by atoms with E-state index in [0.29, 0.717) is 24.5 Å². The molecule has 0 unspecified atom stereocenters. The van der Waals surface area contributed by atoms with Crippen molar-refractivity contribution in [3.05, 3.63) is 57.5 Å². The van der Waals surface area contributed by atoms with Gasteiger partial charge in [0.1, 0.15) is 17.2 Å². The topological polar surface area (TPSA) is 107 Å². The lowest BCUT2D eigenvalue weighted by atomic mass is 10.2. The number of ether oxygens (including phenoxy) is 1. The first-order valence-corrected chi connectivity index (χ1v) is 8.07. The van der Waals surface area contributed by atoms with Crippen LogP contribution >= 0.6 is 11.6 Å². The molecule has 2 heterocycles. The summed E-state index contributed by atoms with van der Waals surface area (Å²) in [6.45, 7) is 1.01. The Hall–Kier alpha value is -2.74. The zero-order valence-corrected chi connectivity index (χ0v) is 14.1. The van der Waals surface area contributed by atoms with E-state index in [9.17, 15) is 14.9 Å². The fourth-order valence-electron chi connectivity index (χ4n) is 2.00. The van der Waals surface area contributed by atoms with Gasteiger partial charge in [-0.15, -0.1) is 0 Å². The Balaban J connectivity index is 1.57. The number of rotatable bonds is 9. The van der Waals surface area contributed by atoms with Gasteiger partial charge in [0.25, 0.3) is 5.69 Å². The Morgan fingerprint density at radius 3 is 2.76 bits per heavy atom. The van der Waals surface area contributed by atoms with Crippen molar-refractivity contribution in [1.82, 2.24) is 9.97 Å². The van der Waals surface area contributed by atoms with Gasteiger partial charge in [-0.25, -0.2) is 14.8 Å². The number of unbranched alkanes of at least 4 members (excludes halogenated alkanes) is 2. The minimum absolute atomic E-state index is 0.0390. The van der Waals surface area contributed by atoms with Crippen molar-refractivity contribution in [2.45, 2.75) is 19.3 Å². The molecule has 0 aliphatic heterocycles. The number of carbonyl (C=O) groups is 1. The maximum atomic E-state index is 11.8. The first kappa shape index (κ1) is 18.6. The first-order chi connectivity index (χ1) is 12.1. The van der Waals surface area contributed by atoms with Crippen LogP contribution < -0.4 is 5.32 Å². The second-order valence-corrected chi connectivity index (χ2v) is 5.54. The molecule has 0 saturated carbocycles. The summed E-state index contributed by atoms with van der Waals surface area (Å²) in [6.07, 6.45) is 5.13. The lowest BCUT2D eigenvalue weighted by molar-refractivity contribution is -0.385. The third-order valence-electron chi connectivity index (χ3n) is 3.28. The first-order valence-electron chi connectivity index (χ1n) is 7.69. The zero-order valence-electron chi connectivity index (χ0n) is 13.4. The van der Waals surface area contributed by atoms with Crippen LogP contribution in [-0.4, -0.2) is 34.0 Å². The number of esters is 1. The fourth-order valence-corrected chi connectivity index (χ4v) is 2.17. The maximum absolute atomic E-state index is 11.8. The highest BCUT2D eigenvalue weighted by Gasteiger charge is 2.07. The predicted octanol–water partition coefficient (Wildman–Crippen LogP) is 3.48. The Labute approximate surface area is 149 Å². The molecule has 0 bridgehead atoms. The van der Waals surface area contributed by atoms with E-state index >= 15 is 0 Å². The number of nitrogens with zero attached hydrogens (tertiary/aromatic N) is 3. The van der Waals surface area contributed by atoms with Gasteiger partial charge in [-0.1, -0.05) is 11.6 Å². The van der Waals surface area contributed by atoms with Crippen LogP contribution in [0.1, 0.15) is 29.6 Å². The van der Waals surface area contributed by atoms with Crippen LogP contribution in [0.3, 0.4) is 0 Å². The molecule has 25 heavy (non-hydrogen) atoms. The molecule has 0 radical (unpaired) electrons. The van der Waals surface area contributed by atoms with Gasteiger partial charge >= 0.3 is 5.97 Å². The van der Waals surface area contributed by atoms with Crippen molar-refractivity contribution in [1.29, 1.82) is 0 Å². The molecule has 0 amide bonds. The van der Waals surface area contributed by atoms with Gasteiger partial charge in [0.2, 0.25) is 0 Å². The molecular formula is C16H17ClN4O4. The van der Waals surface area contributed by atoms with E-state index in [1.165, 1.54) is 24.5 Å². The minimum atomic E-state index is -0.488. The standard InChI is InChI=1S/C16H17ClN4O4/c17-14-10-12(6-8-18-14)16(22)25-9-3-1-2-7-19-15-5-4-13(11-20-15)21(23)24/h4-6,8,10-11H,1-3,7,9H2,(H,19,20). The van der Waals surface area contributed by atoms with Crippen LogP contribution in [0.25, 0.3) is 0 Å². The zero-order chi connectivity index (χ0) is 18.1. The van der Waals surface area contributed by atoms with Crippen LogP contribution in [0.15, 0.2) is 36.7 Å². The highest BCUT2D eigenvalue weighted by molar-refractivity contribution is 6.29. The van der Waals surface area contributed by atoms with Gasteiger partial charge in [-0.3, -0.25) is 10.1 Å². The number of anilines is 1. The van der Waals surface area contributed by atoms with Gasteiger partial charge in [-0.05, 0) is 37.5 Å². The molecule has 2 aromatic heterocycles. The molecule has 9 heteroatoms. The van der Waals surface area contributed by atoms with E-state index in [0.717, 1.165) is 19.3 Å². The molecule has 0 saturated heterocycles. The van der Waals surface area contributed by atoms with E-state index < -0.39 is 10.9 Å². The number of nitrogens with one attached hydrogen (secondary N) is 1. The van der Waals surface area contributed by atoms with E-state index in [2.05, 4.69) is 15.3 Å². The summed E-state index contributed by atoms with van der Waals surface area (Å²) in [5.41, 5.74) is 0.341. The van der Waals surface area contributed by atoms with Gasteiger partial charge in [0.15, 0.2) is 0 Å². The smallest absolute Gasteiger partial charge is 0.338 e. The van der Waals surface area contributed by atoms with Crippen LogP contribution in [-0.2, 0) is 4.74 Å². The maximum Gasteiger partial charge on any atom is 0.338 e. The van der Waals surface area contributed by atoms with E-state index in [4.69, 9.17) is 16.3 Å². The van der Waals surface area contributed by atoms with Crippen molar-refractivity contribution in [2.75, 3.05) is 18.5 Å². The SMILES string of the molecule is O=C(OCCCCCNc1ccc([N+](=O)[O-])cn1)c1ccnc(Cl)c1. The highest BCUT2D eigenvalue weighted by Crippen LogP contribution is 2.12. The summed E-state index contributed by atoms with van der Waals surface area (Å²) in [6, 6.07) is 5.99. The molecule has 1 N–H and O–H groups in total. The number of hydrogen-bond acceptors (Lipinski definition) is 7. The summed E-state index contributed by atoms with van der Waals surface area (Å²) in [7, 11) is 0. The second-order valence-electron chi connectivity index (χ2n) is 5.15. The number of carbonyl (C=O) groups excluding carboxylic acids is 1. The molecule has 0 fully saturated rings. The minimum Gasteiger partial charge on any atom is -0.462 e. The molecule has 2 aromatic rings. The fraction of sp³-hybridized carbons (Fsp3) is 0.312. The second kappa shape index (κ2) is 9.53. The van der Waals surface area contributed by atoms with Crippen LogP contribution in [0.4, 0.5) is 11.5 Å². The number of pyridine rings is 2. The van der Waals surface area contributed by atoms with Crippen molar-refractivity contribution in [2.24, 2.45) is 0 Å². The van der Waals surface area contributed by atoms with Crippen molar-refractivity contribution >= 4 is 29.1 Å². The third-order valence-corrected chi connectivity index (χ3v) is 3.49. The van der Waals surface area contributed by atoms with Crippen molar-refractivity contribution < 1.29 is 14.5 Å². The van der Waals surface area contributed by atoms with Gasteiger partial charge in [0.05, 0.1) is 17.1 Å². The Bertz CT molecular complexity index is 724. The summed E-state index contributed by atoms with van der Waals surface area (Å²) < 4.78 is 5.16. The summed E-state index contributed by atoms with van der Waals surface area (Å²) >= 11 is 5.72. The summed E-state index contributed by atoms with van der Waals surface area (Å²) in [5, 5.41) is 13.9. The lowest BCUT2D eigenvalue weighted by Crippen LogP contribution is -2.07. The molecule has 0 aliphatic carbocycles. The van der Waals surface area contributed by atoms with Crippen molar-refractivity contribution in [3.8, 4) is 0 Å². The molecule has 0 aliphatic rings. The van der Waals surface area contributed by atoms with E-state index in [1.807, 2.05) is 0 Å². The lowest BCUT2D eigenvalue weighted by Gasteiger charge is -2.06. The molecule has 132 valence electrons. The summed E-state index contributed by atoms with van der Waals surface area (Å²) in [5.74, 6) is 0.170. The monoisotopic (exact) mass is 364 g/mol. The van der Waals surface area contributed by atoms with Gasteiger partial charge < -0.3 is 10.1 Å². The van der Waals surface area contributed by atoms with Crippen molar-refractivity contribution in [3.63, 3.8) is 0 Å². The van der Waals surface area contributed by atoms with Gasteiger partial charge in [0, 0.05) is 18.8 Å². The molecule has 0 atom stereocenters. The van der Waals surface area contributed by atoms with Crippen LogP contribution in [0.5, 0.6) is 0 Å². The van der Waals surface area contributed by atoms with Crippen LogP contribution in [0.2, 0.25) is 5.15 Å². The number of aromatic nitrogens is 2. The number of nitro groups is 1. The number of hydrogen-bond donors (Lipinski definition) is 1. The largest absolute Gasteiger partial charge is 0.462 e. The van der Waals surface area contributed by atoms with E-state index in [-0.39, 0.29) is 10.8 Å². The molecule has 0 aromatic carbocycles. The predicted molar refractivity (Wildman–Crippen MR) is 92.8 cm³/mol.